The third kappa shape index (κ3) is 3.54. The van der Waals surface area contributed by atoms with Crippen molar-refractivity contribution in [1.29, 1.82) is 0 Å². The molecule has 98 valence electrons. The molecule has 1 heterocycles. The molecule has 0 aliphatic carbocycles. The molecule has 7 heteroatoms. The number of azo groups is 1. The molecule has 0 amide bonds. The Morgan fingerprint density at radius 1 is 1.37 bits per heavy atom. The van der Waals surface area contributed by atoms with E-state index in [0.29, 0.717) is 0 Å². The zero-order chi connectivity index (χ0) is 13.8. The van der Waals surface area contributed by atoms with E-state index in [-0.39, 0.29) is 11.9 Å². The molecule has 2 aromatic rings. The number of halogens is 2. The van der Waals surface area contributed by atoms with E-state index in [9.17, 15) is 9.18 Å². The molecular formula is C12H10BrFN4O. The van der Waals surface area contributed by atoms with Crippen LogP contribution in [0, 0.1) is 5.82 Å². The van der Waals surface area contributed by atoms with Gasteiger partial charge in [-0.05, 0) is 24.6 Å². The van der Waals surface area contributed by atoms with E-state index in [0.717, 1.165) is 16.2 Å². The van der Waals surface area contributed by atoms with Crippen LogP contribution in [0.5, 0.6) is 0 Å². The summed E-state index contributed by atoms with van der Waals surface area (Å²) in [5.41, 5.74) is 0.274. The van der Waals surface area contributed by atoms with Gasteiger partial charge in [0.05, 0.1) is 12.2 Å². The summed E-state index contributed by atoms with van der Waals surface area (Å²) in [6, 6.07) is 7.30. The Kier molecular flexibility index (Phi) is 4.16. The van der Waals surface area contributed by atoms with Gasteiger partial charge in [0.25, 0.3) is 0 Å². The van der Waals surface area contributed by atoms with Crippen LogP contribution in [0.1, 0.15) is 18.5 Å². The highest BCUT2D eigenvalue weighted by molar-refractivity contribution is 9.10. The number of aromatic nitrogens is 2. The van der Waals surface area contributed by atoms with E-state index in [1.165, 1.54) is 0 Å². The molecule has 0 radical (unpaired) electrons. The normalized spacial score (nSPS) is 12.8. The Morgan fingerprint density at radius 3 is 2.74 bits per heavy atom. The summed E-state index contributed by atoms with van der Waals surface area (Å²) in [7, 11) is 0. The van der Waals surface area contributed by atoms with Crippen molar-refractivity contribution in [3.8, 4) is 0 Å². The van der Waals surface area contributed by atoms with Gasteiger partial charge in [-0.3, -0.25) is 4.98 Å². The van der Waals surface area contributed by atoms with Crippen LogP contribution < -0.4 is 5.69 Å². The second kappa shape index (κ2) is 5.83. The number of nitrogens with one attached hydrogen (secondary N) is 1. The van der Waals surface area contributed by atoms with Crippen molar-refractivity contribution in [3.63, 3.8) is 0 Å². The molecule has 19 heavy (non-hydrogen) atoms. The fourth-order valence-corrected chi connectivity index (χ4v) is 1.66. The number of nitrogens with zero attached hydrogens (tertiary/aromatic N) is 3. The molecule has 1 N–H and O–H groups in total. The summed E-state index contributed by atoms with van der Waals surface area (Å²) >= 11 is 3.34. The first kappa shape index (κ1) is 13.5. The maximum Gasteiger partial charge on any atom is 0.346 e. The van der Waals surface area contributed by atoms with Gasteiger partial charge in [0.1, 0.15) is 0 Å². The highest BCUT2D eigenvalue weighted by atomic mass is 79.9. The van der Waals surface area contributed by atoms with Crippen LogP contribution in [0.15, 0.2) is 50.0 Å². The first-order valence-electron chi connectivity index (χ1n) is 5.47. The molecule has 1 unspecified atom stereocenters. The fraction of sp³-hybridized carbons (Fsp3) is 0.167. The molecule has 5 nitrogen and oxygen atoms in total. The number of H-pyrrole nitrogens is 1. The SMILES string of the molecule is CC(N=Nc1[nH]c(=O)ncc1F)c1ccc(Br)cc1. The van der Waals surface area contributed by atoms with Crippen molar-refractivity contribution in [2.24, 2.45) is 10.2 Å². The lowest BCUT2D eigenvalue weighted by atomic mass is 10.1. The quantitative estimate of drug-likeness (QED) is 0.877. The van der Waals surface area contributed by atoms with E-state index in [1.807, 2.05) is 31.2 Å². The van der Waals surface area contributed by atoms with Crippen molar-refractivity contribution >= 4 is 21.7 Å². The van der Waals surface area contributed by atoms with Crippen molar-refractivity contribution < 1.29 is 4.39 Å². The smallest absolute Gasteiger partial charge is 0.286 e. The summed E-state index contributed by atoms with van der Waals surface area (Å²) in [6.07, 6.45) is 0.817. The van der Waals surface area contributed by atoms with Crippen molar-refractivity contribution in [2.45, 2.75) is 13.0 Å². The average molecular weight is 325 g/mol. The summed E-state index contributed by atoms with van der Waals surface area (Å²) in [5, 5.41) is 7.68. The molecule has 0 aliphatic heterocycles. The van der Waals surface area contributed by atoms with Gasteiger partial charge >= 0.3 is 5.69 Å². The molecule has 0 fully saturated rings. The molecule has 0 aliphatic rings. The maximum atomic E-state index is 13.3. The minimum Gasteiger partial charge on any atom is -0.286 e. The molecule has 0 saturated carbocycles. The lowest BCUT2D eigenvalue weighted by Gasteiger charge is -2.05. The zero-order valence-electron chi connectivity index (χ0n) is 9.97. The maximum absolute atomic E-state index is 13.3. The number of benzene rings is 1. The van der Waals surface area contributed by atoms with Gasteiger partial charge in [-0.2, -0.15) is 10.1 Å². The predicted octanol–water partition coefficient (Wildman–Crippen LogP) is 3.52. The van der Waals surface area contributed by atoms with Gasteiger partial charge in [-0.1, -0.05) is 28.1 Å². The van der Waals surface area contributed by atoms with Gasteiger partial charge in [0.15, 0.2) is 11.6 Å². The van der Waals surface area contributed by atoms with Crippen LogP contribution in [0.3, 0.4) is 0 Å². The Balaban J connectivity index is 2.20. The monoisotopic (exact) mass is 324 g/mol. The fourth-order valence-electron chi connectivity index (χ4n) is 1.39. The van der Waals surface area contributed by atoms with Crippen molar-refractivity contribution in [1.82, 2.24) is 9.97 Å². The largest absolute Gasteiger partial charge is 0.346 e. The molecule has 1 aromatic carbocycles. The molecule has 2 rings (SSSR count). The second-order valence-electron chi connectivity index (χ2n) is 3.83. The van der Waals surface area contributed by atoms with E-state index in [2.05, 4.69) is 36.1 Å². The van der Waals surface area contributed by atoms with Gasteiger partial charge in [-0.15, -0.1) is 5.11 Å². The number of hydrogen-bond acceptors (Lipinski definition) is 4. The lowest BCUT2D eigenvalue weighted by Crippen LogP contribution is -2.09. The lowest BCUT2D eigenvalue weighted by molar-refractivity contribution is 0.608. The Labute approximate surface area is 116 Å². The van der Waals surface area contributed by atoms with Crippen LogP contribution in [-0.2, 0) is 0 Å². The Morgan fingerprint density at radius 2 is 2.05 bits per heavy atom. The van der Waals surface area contributed by atoms with Crippen LogP contribution >= 0.6 is 15.9 Å². The van der Waals surface area contributed by atoms with Crippen molar-refractivity contribution in [3.05, 3.63) is 56.8 Å². The Hall–Kier alpha value is -1.89. The van der Waals surface area contributed by atoms with Crippen molar-refractivity contribution in [2.75, 3.05) is 0 Å². The average Bonchev–Trinajstić information content (AvgIpc) is 2.40. The number of hydrogen-bond donors (Lipinski definition) is 1. The Bertz CT molecular complexity index is 654. The third-order valence-corrected chi connectivity index (χ3v) is 2.96. The minimum absolute atomic E-state index is 0.219. The summed E-state index contributed by atoms with van der Waals surface area (Å²) in [5.74, 6) is -0.935. The van der Waals surface area contributed by atoms with Gasteiger partial charge < -0.3 is 0 Å². The second-order valence-corrected chi connectivity index (χ2v) is 4.74. The topological polar surface area (TPSA) is 70.5 Å². The predicted molar refractivity (Wildman–Crippen MR) is 71.9 cm³/mol. The van der Waals surface area contributed by atoms with Crippen LogP contribution in [0.4, 0.5) is 10.2 Å². The highest BCUT2D eigenvalue weighted by Crippen LogP contribution is 2.21. The van der Waals surface area contributed by atoms with Crippen LogP contribution in [0.2, 0.25) is 0 Å². The standard InChI is InChI=1S/C12H10BrFN4O/c1-7(8-2-4-9(13)5-3-8)17-18-11-10(14)6-15-12(19)16-11/h2-7H,1H3,(H,15,16,19). The van der Waals surface area contributed by atoms with E-state index >= 15 is 0 Å². The summed E-state index contributed by atoms with van der Waals surface area (Å²) in [6.45, 7) is 1.82. The van der Waals surface area contributed by atoms with Crippen LogP contribution in [-0.4, -0.2) is 9.97 Å². The molecule has 0 saturated heterocycles. The van der Waals surface area contributed by atoms with E-state index < -0.39 is 11.5 Å². The van der Waals surface area contributed by atoms with Gasteiger partial charge in [0, 0.05) is 4.47 Å². The summed E-state index contributed by atoms with van der Waals surface area (Å²) in [4.78, 5) is 16.4. The van der Waals surface area contributed by atoms with Crippen LogP contribution in [0.25, 0.3) is 0 Å². The molecule has 0 bridgehead atoms. The number of rotatable bonds is 3. The molecule has 1 aromatic heterocycles. The molecule has 1 atom stereocenters. The summed E-state index contributed by atoms with van der Waals surface area (Å²) < 4.78 is 14.2. The number of aromatic amines is 1. The van der Waals surface area contributed by atoms with Gasteiger partial charge in [-0.25, -0.2) is 9.18 Å². The first-order valence-corrected chi connectivity index (χ1v) is 6.26. The first-order chi connectivity index (χ1) is 9.06. The zero-order valence-corrected chi connectivity index (χ0v) is 11.6. The minimum atomic E-state index is -0.716. The third-order valence-electron chi connectivity index (χ3n) is 2.43. The molecular weight excluding hydrogens is 315 g/mol. The highest BCUT2D eigenvalue weighted by Gasteiger charge is 2.05. The van der Waals surface area contributed by atoms with E-state index in [1.54, 1.807) is 0 Å². The molecule has 0 spiro atoms. The van der Waals surface area contributed by atoms with E-state index in [4.69, 9.17) is 0 Å². The van der Waals surface area contributed by atoms with Gasteiger partial charge in [0.2, 0.25) is 0 Å².